The number of amidine groups is 1. The molecule has 0 unspecified atom stereocenters. The standard InChI is InChI=1S/C38H34BF2N3O8S2/c40-39(41)44-36(30-15-19-32(20-16-30)52-22-8-24-54(48,49)50)26-34(28-11-5-2-6-12-28)38(44)43-37-33(27-9-3-1-4-10-27)25-35(42-37)29-13-17-31(18-14-29)51-21-7-23-53(45,46)47/h1-6,9-20,25-26H,7-8,21-24H2,(H,45,46,47)(H,48,49,50)/b43-37-. The lowest BCUT2D eigenvalue weighted by molar-refractivity contribution is 0.316. The summed E-state index contributed by atoms with van der Waals surface area (Å²) in [6.07, 6.45) is 2.03. The van der Waals surface area contributed by atoms with E-state index in [2.05, 4.69) is 0 Å². The van der Waals surface area contributed by atoms with Crippen molar-refractivity contribution in [1.82, 2.24) is 4.48 Å². The molecule has 278 valence electrons. The highest BCUT2D eigenvalue weighted by Crippen LogP contribution is 2.41. The van der Waals surface area contributed by atoms with Crippen LogP contribution >= 0.6 is 0 Å². The summed E-state index contributed by atoms with van der Waals surface area (Å²) in [5.74, 6) is 0.241. The molecule has 0 spiro atoms. The van der Waals surface area contributed by atoms with E-state index in [0.717, 1.165) is 10.0 Å². The molecule has 1 aliphatic heterocycles. The number of hydrogen-bond acceptors (Lipinski definition) is 7. The Balaban J connectivity index is 1.37. The lowest BCUT2D eigenvalue weighted by Crippen LogP contribution is -2.14. The first kappa shape index (κ1) is 38.3. The van der Waals surface area contributed by atoms with Crippen LogP contribution in [0.1, 0.15) is 24.0 Å². The zero-order chi connectivity index (χ0) is 38.3. The first-order chi connectivity index (χ1) is 25.8. The number of nitrogens with zero attached hydrogens (tertiary/aromatic N) is 3. The van der Waals surface area contributed by atoms with Gasteiger partial charge >= 0.3 is 7.40 Å². The van der Waals surface area contributed by atoms with Gasteiger partial charge in [0.2, 0.25) is 0 Å². The van der Waals surface area contributed by atoms with Crippen LogP contribution in [0.3, 0.4) is 0 Å². The summed E-state index contributed by atoms with van der Waals surface area (Å²) in [7, 11) is -11.2. The average molecular weight is 774 g/mol. The number of aliphatic imine (C=N–C) groups is 2. The topological polar surface area (TPSA) is 157 Å². The van der Waals surface area contributed by atoms with Gasteiger partial charge in [0.25, 0.3) is 20.2 Å². The van der Waals surface area contributed by atoms with Crippen molar-refractivity contribution in [2.45, 2.75) is 12.8 Å². The van der Waals surface area contributed by atoms with E-state index in [1.165, 1.54) is 0 Å². The van der Waals surface area contributed by atoms with E-state index < -0.39 is 39.1 Å². The molecule has 6 rings (SSSR count). The third-order valence-corrected chi connectivity index (χ3v) is 9.87. The van der Waals surface area contributed by atoms with E-state index in [0.29, 0.717) is 45.0 Å². The number of ether oxygens (including phenoxy) is 2. The van der Waals surface area contributed by atoms with Gasteiger partial charge in [-0.15, -0.1) is 0 Å². The molecule has 2 N–H and O–H groups in total. The second-order valence-corrected chi connectivity index (χ2v) is 15.3. The fraction of sp³-hybridized carbons (Fsp3) is 0.158. The number of aromatic nitrogens is 1. The van der Waals surface area contributed by atoms with Gasteiger partial charge in [0.15, 0.2) is 5.84 Å². The van der Waals surface area contributed by atoms with Crippen LogP contribution in [0.4, 0.5) is 14.4 Å². The van der Waals surface area contributed by atoms with Crippen molar-refractivity contribution in [2.24, 2.45) is 9.98 Å². The van der Waals surface area contributed by atoms with Gasteiger partial charge in [-0.25, -0.2) is 9.98 Å². The Morgan fingerprint density at radius 2 is 1.17 bits per heavy atom. The van der Waals surface area contributed by atoms with Gasteiger partial charge < -0.3 is 14.0 Å². The van der Waals surface area contributed by atoms with Crippen LogP contribution in [0.15, 0.2) is 131 Å². The Kier molecular flexibility index (Phi) is 11.9. The SMILES string of the molecule is O=S(=O)(O)CCCOc1ccc(C2=N/C(=N\c3c(-c4ccccc4)cc(-c4ccc(OCCCS(=O)(=O)O)cc4)n3B(F)F)C(c3ccccc3)=C2)cc1. The van der Waals surface area contributed by atoms with Gasteiger partial charge in [0.05, 0.1) is 30.4 Å². The van der Waals surface area contributed by atoms with Crippen molar-refractivity contribution in [3.05, 3.63) is 132 Å². The molecule has 0 amide bonds. The zero-order valence-electron chi connectivity index (χ0n) is 28.6. The Morgan fingerprint density at radius 3 is 1.67 bits per heavy atom. The third kappa shape index (κ3) is 9.96. The highest BCUT2D eigenvalue weighted by atomic mass is 32.2. The van der Waals surface area contributed by atoms with Crippen LogP contribution in [-0.2, 0) is 20.2 Å². The number of rotatable bonds is 16. The van der Waals surface area contributed by atoms with Gasteiger partial charge in [0, 0.05) is 22.4 Å². The van der Waals surface area contributed by atoms with Crippen molar-refractivity contribution < 1.29 is 44.0 Å². The van der Waals surface area contributed by atoms with Crippen LogP contribution in [0.5, 0.6) is 11.5 Å². The Morgan fingerprint density at radius 1 is 0.667 bits per heavy atom. The molecular formula is C38H34BF2N3O8S2. The number of benzene rings is 4. The maximum absolute atomic E-state index is 15.2. The van der Waals surface area contributed by atoms with Crippen molar-refractivity contribution in [3.63, 3.8) is 0 Å². The molecular weight excluding hydrogens is 739 g/mol. The van der Waals surface area contributed by atoms with Gasteiger partial charge in [-0.3, -0.25) is 17.7 Å². The van der Waals surface area contributed by atoms with Gasteiger partial charge in [-0.05, 0) is 90.2 Å². The Labute approximate surface area is 312 Å². The number of allylic oxidation sites excluding steroid dienone is 1. The van der Waals surface area contributed by atoms with E-state index in [-0.39, 0.29) is 43.4 Å². The second kappa shape index (κ2) is 16.7. The number of halogens is 2. The predicted octanol–water partition coefficient (Wildman–Crippen LogP) is 7.52. The van der Waals surface area contributed by atoms with E-state index in [9.17, 15) is 16.8 Å². The lowest BCUT2D eigenvalue weighted by Gasteiger charge is -2.11. The lowest BCUT2D eigenvalue weighted by atomic mass is 10.0. The molecule has 0 radical (unpaired) electrons. The Bertz CT molecular complexity index is 2400. The van der Waals surface area contributed by atoms with Gasteiger partial charge in [0.1, 0.15) is 17.3 Å². The van der Waals surface area contributed by atoms with Crippen LogP contribution in [0, 0.1) is 0 Å². The van der Waals surface area contributed by atoms with E-state index in [1.807, 2.05) is 66.7 Å². The quantitative estimate of drug-likeness (QED) is 0.0593. The fourth-order valence-electron chi connectivity index (χ4n) is 5.76. The summed E-state index contributed by atoms with van der Waals surface area (Å²) in [6.45, 7) is 0.117. The first-order valence-corrected chi connectivity index (χ1v) is 20.0. The molecule has 0 fully saturated rings. The molecule has 16 heteroatoms. The van der Waals surface area contributed by atoms with Crippen molar-refractivity contribution in [3.8, 4) is 33.9 Å². The van der Waals surface area contributed by atoms with Gasteiger partial charge in [-0.1, -0.05) is 60.7 Å². The van der Waals surface area contributed by atoms with E-state index in [1.54, 1.807) is 54.6 Å². The zero-order valence-corrected chi connectivity index (χ0v) is 30.3. The van der Waals surface area contributed by atoms with E-state index >= 15 is 8.63 Å². The van der Waals surface area contributed by atoms with Crippen molar-refractivity contribution in [2.75, 3.05) is 24.7 Å². The third-order valence-electron chi connectivity index (χ3n) is 8.27. The molecule has 54 heavy (non-hydrogen) atoms. The molecule has 1 aliphatic rings. The maximum atomic E-state index is 15.2. The summed E-state index contributed by atoms with van der Waals surface area (Å²) in [5.41, 5.74) is 4.40. The van der Waals surface area contributed by atoms with Crippen LogP contribution < -0.4 is 9.47 Å². The molecule has 0 atom stereocenters. The average Bonchev–Trinajstić information content (AvgIpc) is 3.75. The highest BCUT2D eigenvalue weighted by Gasteiger charge is 2.30. The summed E-state index contributed by atoms with van der Waals surface area (Å²) in [5, 5.41) is 0. The smallest absolute Gasteiger partial charge is 0.494 e. The van der Waals surface area contributed by atoms with Crippen LogP contribution in [-0.4, -0.2) is 74.1 Å². The van der Waals surface area contributed by atoms with Crippen molar-refractivity contribution in [1.29, 1.82) is 0 Å². The number of hydrogen-bond donors (Lipinski definition) is 2. The molecule has 0 saturated carbocycles. The largest absolute Gasteiger partial charge is 0.679 e. The summed E-state index contributed by atoms with van der Waals surface area (Å²) >= 11 is 0. The van der Waals surface area contributed by atoms with Gasteiger partial charge in [-0.2, -0.15) is 16.8 Å². The van der Waals surface area contributed by atoms with E-state index in [4.69, 9.17) is 28.6 Å². The molecule has 1 aromatic heterocycles. The summed E-state index contributed by atoms with van der Waals surface area (Å²) in [6, 6.07) is 33.5. The molecule has 0 bridgehead atoms. The minimum absolute atomic E-state index is 0.00721. The molecule has 4 aromatic carbocycles. The second-order valence-electron chi connectivity index (χ2n) is 12.2. The Hall–Kier alpha value is -5.42. The first-order valence-electron chi connectivity index (χ1n) is 16.7. The minimum atomic E-state index is -4.11. The summed E-state index contributed by atoms with van der Waals surface area (Å²) < 4.78 is 104. The predicted molar refractivity (Wildman–Crippen MR) is 206 cm³/mol. The molecule has 2 heterocycles. The monoisotopic (exact) mass is 773 g/mol. The highest BCUT2D eigenvalue weighted by molar-refractivity contribution is 7.86. The van der Waals surface area contributed by atoms with Crippen molar-refractivity contribution >= 4 is 50.6 Å². The molecule has 0 saturated heterocycles. The van der Waals surface area contributed by atoms with Crippen LogP contribution in [0.2, 0.25) is 0 Å². The molecule has 5 aromatic rings. The summed E-state index contributed by atoms with van der Waals surface area (Å²) in [4.78, 5) is 9.70. The normalized spacial score (nSPS) is 13.8. The minimum Gasteiger partial charge on any atom is -0.494 e. The fourth-order valence-corrected chi connectivity index (χ4v) is 6.72. The molecule has 11 nitrogen and oxygen atoms in total. The molecule has 0 aliphatic carbocycles. The maximum Gasteiger partial charge on any atom is 0.679 e. The van der Waals surface area contributed by atoms with Crippen LogP contribution in [0.25, 0.3) is 28.0 Å².